The maximum atomic E-state index is 11.6. The van der Waals surface area contributed by atoms with Crippen molar-refractivity contribution in [2.75, 3.05) is 5.32 Å². The molecule has 2 rings (SSSR count). The normalized spacial score (nSPS) is 13.1. The Morgan fingerprint density at radius 2 is 2.00 bits per heavy atom. The third-order valence-electron chi connectivity index (χ3n) is 2.92. The molecule has 1 aliphatic rings. The van der Waals surface area contributed by atoms with E-state index in [0.29, 0.717) is 6.42 Å². The molecule has 1 aromatic carbocycles. The number of rotatable bonds is 5. The van der Waals surface area contributed by atoms with Gasteiger partial charge in [-0.1, -0.05) is 6.07 Å². The predicted octanol–water partition coefficient (Wildman–Crippen LogP) is 1.48. The van der Waals surface area contributed by atoms with Crippen molar-refractivity contribution in [3.8, 4) is 0 Å². The molecule has 0 bridgehead atoms. The lowest BCUT2D eigenvalue weighted by Gasteiger charge is -2.06. The van der Waals surface area contributed by atoms with E-state index in [0.717, 1.165) is 18.8 Å². The molecule has 0 spiro atoms. The van der Waals surface area contributed by atoms with Crippen LogP contribution in [0, 0.1) is 0 Å². The highest BCUT2D eigenvalue weighted by Crippen LogP contribution is 2.20. The Bertz CT molecular complexity index is 471. The Kier molecular flexibility index (Phi) is 3.94. The lowest BCUT2D eigenvalue weighted by molar-refractivity contribution is -0.137. The largest absolute Gasteiger partial charge is 0.481 e. The number of nitrogens with one attached hydrogen (secondary N) is 2. The zero-order chi connectivity index (χ0) is 13.0. The molecule has 0 saturated heterocycles. The molecule has 1 amide bonds. The number of carbonyl (C=O) groups excluding carboxylic acids is 1. The predicted molar refractivity (Wildman–Crippen MR) is 67.1 cm³/mol. The number of carboxylic acid groups (broad SMARTS) is 1. The van der Waals surface area contributed by atoms with Gasteiger partial charge in [-0.05, 0) is 29.7 Å². The van der Waals surface area contributed by atoms with E-state index in [-0.39, 0.29) is 18.7 Å². The van der Waals surface area contributed by atoms with Crippen molar-refractivity contribution in [3.05, 3.63) is 29.3 Å². The second-order valence-corrected chi connectivity index (χ2v) is 4.38. The van der Waals surface area contributed by atoms with Crippen LogP contribution in [0.3, 0.4) is 0 Å². The molecule has 1 aromatic rings. The van der Waals surface area contributed by atoms with Crippen LogP contribution in [0.25, 0.3) is 0 Å². The van der Waals surface area contributed by atoms with Crippen LogP contribution in [-0.2, 0) is 22.7 Å². The lowest BCUT2D eigenvalue weighted by Crippen LogP contribution is -2.12. The summed E-state index contributed by atoms with van der Waals surface area (Å²) in [5.41, 5.74) is 3.25. The maximum absolute atomic E-state index is 11.6. The topological polar surface area (TPSA) is 78.4 Å². The number of carbonyl (C=O) groups is 2. The number of benzene rings is 1. The Labute approximate surface area is 105 Å². The van der Waals surface area contributed by atoms with Gasteiger partial charge in [0.1, 0.15) is 0 Å². The highest BCUT2D eigenvalue weighted by Gasteiger charge is 2.11. The number of amides is 1. The molecule has 3 N–H and O–H groups in total. The first-order valence-electron chi connectivity index (χ1n) is 5.99. The summed E-state index contributed by atoms with van der Waals surface area (Å²) in [6.45, 7) is 1.71. The van der Waals surface area contributed by atoms with Crippen molar-refractivity contribution in [2.45, 2.75) is 32.4 Å². The molecule has 0 radical (unpaired) electrons. The smallest absolute Gasteiger partial charge is 0.303 e. The number of hydrogen-bond donors (Lipinski definition) is 3. The Morgan fingerprint density at radius 3 is 2.78 bits per heavy atom. The van der Waals surface area contributed by atoms with Crippen molar-refractivity contribution in [3.63, 3.8) is 0 Å². The van der Waals surface area contributed by atoms with E-state index in [9.17, 15) is 9.59 Å². The summed E-state index contributed by atoms with van der Waals surface area (Å²) in [7, 11) is 0. The van der Waals surface area contributed by atoms with E-state index in [1.807, 2.05) is 18.2 Å². The number of aliphatic carboxylic acids is 1. The standard InChI is InChI=1S/C13H16N2O3/c16-12(2-1-3-13(17)18)15-11-5-4-9-7-14-8-10(9)6-11/h4-6,14H,1-3,7-8H2,(H,15,16)(H,17,18). The van der Waals surface area contributed by atoms with Gasteiger partial charge in [0, 0.05) is 31.6 Å². The molecule has 0 aromatic heterocycles. The molecule has 18 heavy (non-hydrogen) atoms. The van der Waals surface area contributed by atoms with Crippen LogP contribution in [0.1, 0.15) is 30.4 Å². The molecular weight excluding hydrogens is 232 g/mol. The number of fused-ring (bicyclic) bond motifs is 1. The quantitative estimate of drug-likeness (QED) is 0.737. The highest BCUT2D eigenvalue weighted by atomic mass is 16.4. The summed E-state index contributed by atoms with van der Waals surface area (Å²) in [6.07, 6.45) is 0.636. The first-order valence-corrected chi connectivity index (χ1v) is 5.99. The van der Waals surface area contributed by atoms with Gasteiger partial charge in [0.2, 0.25) is 5.91 Å². The second kappa shape index (κ2) is 5.64. The van der Waals surface area contributed by atoms with Gasteiger partial charge >= 0.3 is 5.97 Å². The van der Waals surface area contributed by atoms with Gasteiger partial charge in [-0.15, -0.1) is 0 Å². The SMILES string of the molecule is O=C(O)CCCC(=O)Nc1ccc2c(c1)CNC2. The van der Waals surface area contributed by atoms with E-state index in [1.54, 1.807) is 0 Å². The molecule has 0 unspecified atom stereocenters. The fraction of sp³-hybridized carbons (Fsp3) is 0.385. The van der Waals surface area contributed by atoms with Crippen molar-refractivity contribution < 1.29 is 14.7 Å². The molecule has 0 fully saturated rings. The Balaban J connectivity index is 1.85. The summed E-state index contributed by atoms with van der Waals surface area (Å²) >= 11 is 0. The Morgan fingerprint density at radius 1 is 1.22 bits per heavy atom. The van der Waals surface area contributed by atoms with E-state index in [4.69, 9.17) is 5.11 Å². The zero-order valence-electron chi connectivity index (χ0n) is 10.0. The van der Waals surface area contributed by atoms with Crippen LogP contribution < -0.4 is 10.6 Å². The van der Waals surface area contributed by atoms with Gasteiger partial charge in [-0.3, -0.25) is 9.59 Å². The molecule has 0 saturated carbocycles. The summed E-state index contributed by atoms with van der Waals surface area (Å²) < 4.78 is 0. The second-order valence-electron chi connectivity index (χ2n) is 4.38. The first-order chi connectivity index (χ1) is 8.65. The monoisotopic (exact) mass is 248 g/mol. The van der Waals surface area contributed by atoms with Crippen LogP contribution in [0.4, 0.5) is 5.69 Å². The van der Waals surface area contributed by atoms with Gasteiger partial charge in [0.15, 0.2) is 0 Å². The van der Waals surface area contributed by atoms with Gasteiger partial charge in [-0.25, -0.2) is 0 Å². The first kappa shape index (κ1) is 12.6. The maximum Gasteiger partial charge on any atom is 0.303 e. The van der Waals surface area contributed by atoms with E-state index < -0.39 is 5.97 Å². The summed E-state index contributed by atoms with van der Waals surface area (Å²) in [5.74, 6) is -1.01. The minimum atomic E-state index is -0.869. The van der Waals surface area contributed by atoms with Crippen molar-refractivity contribution in [1.82, 2.24) is 5.32 Å². The lowest BCUT2D eigenvalue weighted by atomic mass is 10.1. The molecule has 96 valence electrons. The molecule has 0 aliphatic carbocycles. The molecular formula is C13H16N2O3. The van der Waals surface area contributed by atoms with Gasteiger partial charge < -0.3 is 15.7 Å². The van der Waals surface area contributed by atoms with Crippen LogP contribution in [0.5, 0.6) is 0 Å². The van der Waals surface area contributed by atoms with Crippen molar-refractivity contribution in [2.24, 2.45) is 0 Å². The average molecular weight is 248 g/mol. The molecule has 1 aliphatic heterocycles. The minimum absolute atomic E-state index is 0.0293. The number of anilines is 1. The fourth-order valence-electron chi connectivity index (χ4n) is 2.00. The van der Waals surface area contributed by atoms with Crippen molar-refractivity contribution >= 4 is 17.6 Å². The van der Waals surface area contributed by atoms with E-state index in [1.165, 1.54) is 11.1 Å². The summed E-state index contributed by atoms with van der Waals surface area (Å²) in [4.78, 5) is 21.9. The molecule has 5 nitrogen and oxygen atoms in total. The van der Waals surface area contributed by atoms with Gasteiger partial charge in [-0.2, -0.15) is 0 Å². The van der Waals surface area contributed by atoms with E-state index >= 15 is 0 Å². The van der Waals surface area contributed by atoms with Crippen LogP contribution in [0.15, 0.2) is 18.2 Å². The Hall–Kier alpha value is -1.88. The third kappa shape index (κ3) is 3.30. The number of hydrogen-bond acceptors (Lipinski definition) is 3. The number of carboxylic acids is 1. The summed E-state index contributed by atoms with van der Waals surface area (Å²) in [6, 6.07) is 5.84. The average Bonchev–Trinajstić information content (AvgIpc) is 2.75. The third-order valence-corrected chi connectivity index (χ3v) is 2.92. The highest BCUT2D eigenvalue weighted by molar-refractivity contribution is 5.91. The van der Waals surface area contributed by atoms with Crippen LogP contribution >= 0.6 is 0 Å². The summed E-state index contributed by atoms with van der Waals surface area (Å²) in [5, 5.41) is 14.5. The fourth-order valence-corrected chi connectivity index (χ4v) is 2.00. The van der Waals surface area contributed by atoms with E-state index in [2.05, 4.69) is 10.6 Å². The zero-order valence-corrected chi connectivity index (χ0v) is 10.0. The molecule has 5 heteroatoms. The van der Waals surface area contributed by atoms with Gasteiger partial charge in [0.25, 0.3) is 0 Å². The minimum Gasteiger partial charge on any atom is -0.481 e. The molecule has 1 heterocycles. The molecule has 0 atom stereocenters. The van der Waals surface area contributed by atoms with Gasteiger partial charge in [0.05, 0.1) is 0 Å². The van der Waals surface area contributed by atoms with Crippen LogP contribution in [-0.4, -0.2) is 17.0 Å². The van der Waals surface area contributed by atoms with Crippen LogP contribution in [0.2, 0.25) is 0 Å². The van der Waals surface area contributed by atoms with Crippen molar-refractivity contribution in [1.29, 1.82) is 0 Å².